The number of allylic oxidation sites excluding steroid dienone is 1. The van der Waals surface area contributed by atoms with Gasteiger partial charge in [0.25, 0.3) is 0 Å². The third kappa shape index (κ3) is 2.04. The number of carbonyl (C=O) groups excluding carboxylic acids is 2. The van der Waals surface area contributed by atoms with Gasteiger partial charge in [0.1, 0.15) is 0 Å². The summed E-state index contributed by atoms with van der Waals surface area (Å²) in [5, 5.41) is 2.61. The normalized spacial score (nSPS) is 21.4. The van der Waals surface area contributed by atoms with E-state index in [9.17, 15) is 9.59 Å². The molecule has 0 saturated carbocycles. The van der Waals surface area contributed by atoms with Crippen molar-refractivity contribution in [2.45, 2.75) is 26.8 Å². The predicted molar refractivity (Wildman–Crippen MR) is 50.6 cm³/mol. The molecule has 5 nitrogen and oxygen atoms in total. The van der Waals surface area contributed by atoms with Gasteiger partial charge in [-0.05, 0) is 26.8 Å². The Morgan fingerprint density at radius 1 is 1.71 bits per heavy atom. The van der Waals surface area contributed by atoms with Crippen molar-refractivity contribution in [2.75, 3.05) is 6.61 Å². The van der Waals surface area contributed by atoms with Crippen molar-refractivity contribution in [2.24, 2.45) is 0 Å². The third-order valence-electron chi connectivity index (χ3n) is 1.85. The first-order valence-electron chi connectivity index (χ1n) is 4.52. The molecule has 1 rings (SSSR count). The fourth-order valence-corrected chi connectivity index (χ4v) is 1.31. The van der Waals surface area contributed by atoms with E-state index in [-0.39, 0.29) is 12.6 Å². The van der Waals surface area contributed by atoms with E-state index in [2.05, 4.69) is 5.32 Å². The van der Waals surface area contributed by atoms with Gasteiger partial charge in [-0.15, -0.1) is 0 Å². The second kappa shape index (κ2) is 4.13. The van der Waals surface area contributed by atoms with Crippen molar-refractivity contribution >= 4 is 12.1 Å². The lowest BCUT2D eigenvalue weighted by molar-refractivity contribution is 0.121. The van der Waals surface area contributed by atoms with Crippen LogP contribution in [0.1, 0.15) is 20.8 Å². The topological polar surface area (TPSA) is 58.6 Å². The van der Waals surface area contributed by atoms with E-state index in [0.29, 0.717) is 5.70 Å². The van der Waals surface area contributed by atoms with Gasteiger partial charge >= 0.3 is 12.1 Å². The molecule has 3 amide bonds. The van der Waals surface area contributed by atoms with E-state index < -0.39 is 12.1 Å². The number of carbonyl (C=O) groups is 2. The maximum absolute atomic E-state index is 11.4. The number of rotatable bonds is 1. The molecule has 0 saturated heterocycles. The van der Waals surface area contributed by atoms with Crippen molar-refractivity contribution in [1.29, 1.82) is 0 Å². The number of hydrogen-bond donors (Lipinski definition) is 1. The monoisotopic (exact) mass is 198 g/mol. The summed E-state index contributed by atoms with van der Waals surface area (Å²) in [5.41, 5.74) is 0.597. The lowest BCUT2D eigenvalue weighted by Gasteiger charge is -2.27. The van der Waals surface area contributed by atoms with Crippen LogP contribution >= 0.6 is 0 Å². The Labute approximate surface area is 82.7 Å². The highest BCUT2D eigenvalue weighted by Crippen LogP contribution is 2.12. The highest BCUT2D eigenvalue weighted by molar-refractivity contribution is 5.94. The Bertz CT molecular complexity index is 286. The van der Waals surface area contributed by atoms with Crippen LogP contribution in [0.4, 0.5) is 9.59 Å². The smallest absolute Gasteiger partial charge is 0.422 e. The first kappa shape index (κ1) is 10.6. The minimum atomic E-state index is -0.634. The van der Waals surface area contributed by atoms with Crippen LogP contribution in [0, 0.1) is 0 Å². The van der Waals surface area contributed by atoms with Gasteiger partial charge in [-0.1, -0.05) is 0 Å². The Morgan fingerprint density at radius 2 is 2.36 bits per heavy atom. The molecule has 1 atom stereocenters. The molecule has 1 aliphatic rings. The van der Waals surface area contributed by atoms with E-state index in [1.54, 1.807) is 19.9 Å². The van der Waals surface area contributed by atoms with Crippen LogP contribution in [0.25, 0.3) is 0 Å². The Morgan fingerprint density at radius 3 is 2.86 bits per heavy atom. The van der Waals surface area contributed by atoms with Gasteiger partial charge in [-0.2, -0.15) is 0 Å². The number of amides is 3. The summed E-state index contributed by atoms with van der Waals surface area (Å²) in [6, 6.07) is -0.482. The molecule has 14 heavy (non-hydrogen) atoms. The van der Waals surface area contributed by atoms with Crippen molar-refractivity contribution in [1.82, 2.24) is 10.2 Å². The zero-order valence-corrected chi connectivity index (χ0v) is 8.53. The van der Waals surface area contributed by atoms with Gasteiger partial charge in [-0.25, -0.2) is 14.5 Å². The molecule has 0 radical (unpaired) electrons. The first-order valence-corrected chi connectivity index (χ1v) is 4.52. The number of nitrogens with one attached hydrogen (secondary N) is 1. The summed E-state index contributed by atoms with van der Waals surface area (Å²) in [4.78, 5) is 23.7. The average molecular weight is 198 g/mol. The standard InChI is InChI=1S/C9H14N2O3/c1-4-14-9(13)11-7(3)5-6(2)10-8(11)12/h5-6H,4H2,1-3H3,(H,10,12). The lowest BCUT2D eigenvalue weighted by Crippen LogP contribution is -2.49. The summed E-state index contributed by atoms with van der Waals surface area (Å²) >= 11 is 0. The van der Waals surface area contributed by atoms with Crippen molar-refractivity contribution < 1.29 is 14.3 Å². The number of nitrogens with zero attached hydrogens (tertiary/aromatic N) is 1. The molecule has 0 aromatic rings. The number of ether oxygens (including phenoxy) is 1. The molecule has 0 aliphatic carbocycles. The molecular weight excluding hydrogens is 184 g/mol. The van der Waals surface area contributed by atoms with Gasteiger partial charge in [0, 0.05) is 11.7 Å². The first-order chi connectivity index (χ1) is 6.56. The van der Waals surface area contributed by atoms with Gasteiger partial charge in [0.15, 0.2) is 0 Å². The van der Waals surface area contributed by atoms with Crippen LogP contribution in [0.3, 0.4) is 0 Å². The van der Waals surface area contributed by atoms with Crippen LogP contribution in [0.5, 0.6) is 0 Å². The molecule has 0 bridgehead atoms. The second-order valence-electron chi connectivity index (χ2n) is 3.08. The van der Waals surface area contributed by atoms with Crippen molar-refractivity contribution in [3.8, 4) is 0 Å². The lowest BCUT2D eigenvalue weighted by atomic mass is 10.2. The summed E-state index contributed by atoms with van der Waals surface area (Å²) in [6.45, 7) is 5.49. The Hall–Kier alpha value is -1.52. The van der Waals surface area contributed by atoms with Crippen LogP contribution in [0.15, 0.2) is 11.8 Å². The zero-order chi connectivity index (χ0) is 10.7. The molecular formula is C9H14N2O3. The number of urea groups is 1. The van der Waals surface area contributed by atoms with Gasteiger partial charge in [0.05, 0.1) is 6.61 Å². The molecule has 0 fully saturated rings. The van der Waals surface area contributed by atoms with Crippen LogP contribution in [0.2, 0.25) is 0 Å². The van der Waals surface area contributed by atoms with Gasteiger partial charge in [-0.3, -0.25) is 0 Å². The highest BCUT2D eigenvalue weighted by Gasteiger charge is 2.28. The van der Waals surface area contributed by atoms with E-state index in [0.717, 1.165) is 4.90 Å². The minimum absolute atomic E-state index is 0.0480. The quantitative estimate of drug-likeness (QED) is 0.693. The summed E-state index contributed by atoms with van der Waals surface area (Å²) in [7, 11) is 0. The number of hydrogen-bond acceptors (Lipinski definition) is 3. The third-order valence-corrected chi connectivity index (χ3v) is 1.85. The molecule has 5 heteroatoms. The number of imide groups is 1. The molecule has 1 heterocycles. The summed E-state index contributed by atoms with van der Waals surface area (Å²) in [6.07, 6.45) is 1.16. The van der Waals surface area contributed by atoms with Crippen molar-refractivity contribution in [3.05, 3.63) is 11.8 Å². The van der Waals surface area contributed by atoms with Crippen LogP contribution in [-0.2, 0) is 4.74 Å². The SMILES string of the molecule is CCOC(=O)N1C(=O)NC(C)C=C1C. The van der Waals surface area contributed by atoms with Gasteiger partial charge in [0.2, 0.25) is 0 Å². The van der Waals surface area contributed by atoms with Crippen LogP contribution < -0.4 is 5.32 Å². The average Bonchev–Trinajstić information content (AvgIpc) is 2.01. The van der Waals surface area contributed by atoms with Gasteiger partial charge < -0.3 is 10.1 Å². The van der Waals surface area contributed by atoms with E-state index in [1.165, 1.54) is 0 Å². The second-order valence-corrected chi connectivity index (χ2v) is 3.08. The predicted octanol–water partition coefficient (Wildman–Crippen LogP) is 1.46. The Kier molecular flexibility index (Phi) is 3.11. The summed E-state index contributed by atoms with van der Waals surface area (Å²) < 4.78 is 4.74. The molecule has 0 aromatic heterocycles. The fourth-order valence-electron chi connectivity index (χ4n) is 1.31. The summed E-state index contributed by atoms with van der Waals surface area (Å²) in [5.74, 6) is 0. The molecule has 0 spiro atoms. The van der Waals surface area contributed by atoms with E-state index in [1.807, 2.05) is 6.92 Å². The zero-order valence-electron chi connectivity index (χ0n) is 8.53. The van der Waals surface area contributed by atoms with E-state index in [4.69, 9.17) is 4.74 Å². The maximum atomic E-state index is 11.4. The minimum Gasteiger partial charge on any atom is -0.449 e. The highest BCUT2D eigenvalue weighted by atomic mass is 16.6. The van der Waals surface area contributed by atoms with Crippen molar-refractivity contribution in [3.63, 3.8) is 0 Å². The van der Waals surface area contributed by atoms with E-state index >= 15 is 0 Å². The largest absolute Gasteiger partial charge is 0.449 e. The molecule has 1 aliphatic heterocycles. The molecule has 78 valence electrons. The Balaban J connectivity index is 2.82. The molecule has 1 unspecified atom stereocenters. The maximum Gasteiger partial charge on any atom is 0.422 e. The fraction of sp³-hybridized carbons (Fsp3) is 0.556. The van der Waals surface area contributed by atoms with Crippen LogP contribution in [-0.4, -0.2) is 29.7 Å². The molecule has 0 aromatic carbocycles. The molecule has 1 N–H and O–H groups in total.